The number of amides is 1. The molecular formula is C32H35ClF3N5O2. The number of alkyl halides is 3. The molecule has 7 nitrogen and oxygen atoms in total. The molecule has 0 bridgehead atoms. The molecule has 3 heterocycles. The number of hydrogen-bond acceptors (Lipinski definition) is 6. The molecule has 0 radical (unpaired) electrons. The topological polar surface area (TPSA) is 68.8 Å². The largest absolute Gasteiger partial charge is 0.416 e. The van der Waals surface area contributed by atoms with Gasteiger partial charge in [0, 0.05) is 74.6 Å². The first kappa shape index (κ1) is 30.8. The van der Waals surface area contributed by atoms with Gasteiger partial charge < -0.3 is 15.1 Å². The summed E-state index contributed by atoms with van der Waals surface area (Å²) in [4.78, 5) is 35.9. The van der Waals surface area contributed by atoms with Crippen LogP contribution in [0.15, 0.2) is 54.7 Å². The molecule has 0 saturated carbocycles. The maximum atomic E-state index is 13.7. The summed E-state index contributed by atoms with van der Waals surface area (Å²) in [7, 11) is 0. The molecule has 1 saturated heterocycles. The van der Waals surface area contributed by atoms with Crippen LogP contribution < -0.4 is 10.2 Å². The van der Waals surface area contributed by atoms with Crippen molar-refractivity contribution < 1.29 is 22.8 Å². The van der Waals surface area contributed by atoms with Crippen molar-refractivity contribution in [3.8, 4) is 11.1 Å². The van der Waals surface area contributed by atoms with Crippen LogP contribution in [0.4, 0.5) is 24.7 Å². The number of anilines is 2. The van der Waals surface area contributed by atoms with Gasteiger partial charge in [-0.05, 0) is 53.4 Å². The summed E-state index contributed by atoms with van der Waals surface area (Å²) in [6, 6.07) is 12.8. The van der Waals surface area contributed by atoms with Crippen molar-refractivity contribution in [3.63, 3.8) is 0 Å². The number of Topliss-reactive ketones (excluding diaryl/α,β-unsaturated/α-hetero) is 1. The Bertz CT molecular complexity index is 1490. The van der Waals surface area contributed by atoms with E-state index in [-0.39, 0.29) is 28.8 Å². The average Bonchev–Trinajstić information content (AvgIpc) is 2.96. The van der Waals surface area contributed by atoms with E-state index in [0.717, 1.165) is 17.2 Å². The number of rotatable bonds is 8. The standard InChI is InChI=1S/C32H35ClF3N5O2/c1-21(2)14-27(42)20-39-10-12-40(13-11-39)31(43)23-5-3-4-22(15-23)24-17-29-30(38-18-24)37-8-9-41(29)19-25-16-26(33)6-7-28(25)32(34,35)36/h3-7,15-18,21H,8-14,19-20H2,1-2H3,(H,37,38). The monoisotopic (exact) mass is 613 g/mol. The number of hydrogen-bond donors (Lipinski definition) is 1. The molecule has 3 aromatic rings. The van der Waals surface area contributed by atoms with Crippen LogP contribution in [-0.2, 0) is 17.5 Å². The molecule has 2 aromatic carbocycles. The second kappa shape index (κ2) is 12.9. The molecule has 1 N–H and O–H groups in total. The first-order valence-corrected chi connectivity index (χ1v) is 14.8. The van der Waals surface area contributed by atoms with Crippen LogP contribution >= 0.6 is 11.6 Å². The molecule has 2 aliphatic rings. The fraction of sp³-hybridized carbons (Fsp3) is 0.406. The van der Waals surface area contributed by atoms with Crippen molar-refractivity contribution >= 4 is 34.8 Å². The van der Waals surface area contributed by atoms with Crippen molar-refractivity contribution in [1.82, 2.24) is 14.8 Å². The molecular weight excluding hydrogens is 579 g/mol. The fourth-order valence-electron chi connectivity index (χ4n) is 5.65. The van der Waals surface area contributed by atoms with Crippen molar-refractivity contribution in [2.45, 2.75) is 33.0 Å². The van der Waals surface area contributed by atoms with Crippen LogP contribution in [0.2, 0.25) is 5.02 Å². The Hall–Kier alpha value is -3.63. The third kappa shape index (κ3) is 7.48. The smallest absolute Gasteiger partial charge is 0.367 e. The zero-order valence-corrected chi connectivity index (χ0v) is 25.0. The summed E-state index contributed by atoms with van der Waals surface area (Å²) in [5, 5.41) is 3.47. The number of carbonyl (C=O) groups is 2. The van der Waals surface area contributed by atoms with Gasteiger partial charge in [0.25, 0.3) is 5.91 Å². The van der Waals surface area contributed by atoms with E-state index in [0.29, 0.717) is 75.2 Å². The summed E-state index contributed by atoms with van der Waals surface area (Å²) >= 11 is 6.07. The first-order chi connectivity index (χ1) is 20.5. The maximum Gasteiger partial charge on any atom is 0.416 e. The van der Waals surface area contributed by atoms with Crippen LogP contribution in [-0.4, -0.2) is 72.3 Å². The summed E-state index contributed by atoms with van der Waals surface area (Å²) in [5.74, 6) is 1.06. The highest BCUT2D eigenvalue weighted by molar-refractivity contribution is 6.30. The molecule has 228 valence electrons. The number of fused-ring (bicyclic) bond motifs is 1. The number of halogens is 4. The zero-order valence-electron chi connectivity index (χ0n) is 24.3. The number of pyridine rings is 1. The van der Waals surface area contributed by atoms with Gasteiger partial charge in [0.1, 0.15) is 11.6 Å². The highest BCUT2D eigenvalue weighted by Crippen LogP contribution is 2.37. The Morgan fingerprint density at radius 3 is 2.49 bits per heavy atom. The minimum Gasteiger partial charge on any atom is -0.367 e. The van der Waals surface area contributed by atoms with Gasteiger partial charge in [0.05, 0.1) is 17.8 Å². The lowest BCUT2D eigenvalue weighted by Gasteiger charge is -2.34. The Balaban J connectivity index is 1.32. The SMILES string of the molecule is CC(C)CC(=O)CN1CCN(C(=O)c2cccc(-c3cnc4c(c3)N(Cc3cc(Cl)ccc3C(F)(F)F)CCN4)c2)CC1. The van der Waals surface area contributed by atoms with Crippen molar-refractivity contribution in [2.24, 2.45) is 5.92 Å². The van der Waals surface area contributed by atoms with Crippen molar-refractivity contribution in [1.29, 1.82) is 0 Å². The van der Waals surface area contributed by atoms with Crippen LogP contribution in [0.1, 0.15) is 41.8 Å². The third-order valence-electron chi connectivity index (χ3n) is 7.75. The summed E-state index contributed by atoms with van der Waals surface area (Å²) in [5.41, 5.74) is 2.13. The van der Waals surface area contributed by atoms with Gasteiger partial charge in [-0.25, -0.2) is 4.98 Å². The van der Waals surface area contributed by atoms with E-state index < -0.39 is 11.7 Å². The van der Waals surface area contributed by atoms with E-state index in [4.69, 9.17) is 11.6 Å². The van der Waals surface area contributed by atoms with E-state index in [1.807, 2.05) is 47.9 Å². The summed E-state index contributed by atoms with van der Waals surface area (Å²) in [6.45, 7) is 7.90. The van der Waals surface area contributed by atoms with E-state index in [2.05, 4.69) is 15.2 Å². The molecule has 1 fully saturated rings. The van der Waals surface area contributed by atoms with Gasteiger partial charge in [-0.1, -0.05) is 37.6 Å². The van der Waals surface area contributed by atoms with Gasteiger partial charge in [0.15, 0.2) is 0 Å². The quantitative estimate of drug-likeness (QED) is 0.325. The van der Waals surface area contributed by atoms with Crippen molar-refractivity contribution in [3.05, 3.63) is 76.4 Å². The van der Waals surface area contributed by atoms with Crippen LogP contribution in [0.3, 0.4) is 0 Å². The fourth-order valence-corrected chi connectivity index (χ4v) is 5.84. The van der Waals surface area contributed by atoms with Gasteiger partial charge in [-0.15, -0.1) is 0 Å². The molecule has 0 aliphatic carbocycles. The second-order valence-electron chi connectivity index (χ2n) is 11.5. The van der Waals surface area contributed by atoms with Gasteiger partial charge in [-0.3, -0.25) is 14.5 Å². The van der Waals surface area contributed by atoms with Gasteiger partial charge >= 0.3 is 6.18 Å². The third-order valence-corrected chi connectivity index (χ3v) is 7.99. The number of nitrogens with one attached hydrogen (secondary N) is 1. The molecule has 1 amide bonds. The summed E-state index contributed by atoms with van der Waals surface area (Å²) < 4.78 is 41.2. The minimum absolute atomic E-state index is 0.0167. The molecule has 11 heteroatoms. The number of aromatic nitrogens is 1. The molecule has 1 aromatic heterocycles. The predicted octanol–water partition coefficient (Wildman–Crippen LogP) is 6.23. The Morgan fingerprint density at radius 2 is 1.77 bits per heavy atom. The van der Waals surface area contributed by atoms with E-state index in [9.17, 15) is 22.8 Å². The number of piperazine rings is 1. The van der Waals surface area contributed by atoms with Crippen LogP contribution in [0.25, 0.3) is 11.1 Å². The van der Waals surface area contributed by atoms with E-state index in [1.54, 1.807) is 12.3 Å². The average molecular weight is 614 g/mol. The molecule has 2 aliphatic heterocycles. The maximum absolute atomic E-state index is 13.7. The number of carbonyl (C=O) groups excluding carboxylic acids is 2. The predicted molar refractivity (Wildman–Crippen MR) is 162 cm³/mol. The Labute approximate surface area is 254 Å². The number of nitrogens with zero attached hydrogens (tertiary/aromatic N) is 4. The molecule has 0 atom stereocenters. The van der Waals surface area contributed by atoms with Crippen molar-refractivity contribution in [2.75, 3.05) is 56.0 Å². The highest BCUT2D eigenvalue weighted by Gasteiger charge is 2.34. The molecule has 0 spiro atoms. The lowest BCUT2D eigenvalue weighted by Crippen LogP contribution is -2.50. The van der Waals surface area contributed by atoms with E-state index >= 15 is 0 Å². The Morgan fingerprint density at radius 1 is 1.00 bits per heavy atom. The molecule has 43 heavy (non-hydrogen) atoms. The lowest BCUT2D eigenvalue weighted by atomic mass is 10.0. The Kier molecular flexibility index (Phi) is 9.27. The minimum atomic E-state index is -4.50. The first-order valence-electron chi connectivity index (χ1n) is 14.5. The van der Waals surface area contributed by atoms with E-state index in [1.165, 1.54) is 12.1 Å². The number of benzene rings is 2. The zero-order chi connectivity index (χ0) is 30.7. The lowest BCUT2D eigenvalue weighted by molar-refractivity contribution is -0.138. The van der Waals surface area contributed by atoms with Gasteiger partial charge in [-0.2, -0.15) is 13.2 Å². The molecule has 5 rings (SSSR count). The normalized spacial score (nSPS) is 15.8. The second-order valence-corrected chi connectivity index (χ2v) is 12.0. The molecule has 0 unspecified atom stereocenters. The summed E-state index contributed by atoms with van der Waals surface area (Å²) in [6.07, 6.45) is -2.24. The van der Waals surface area contributed by atoms with Crippen LogP contribution in [0, 0.1) is 5.92 Å². The van der Waals surface area contributed by atoms with Crippen LogP contribution in [0.5, 0.6) is 0 Å². The number of ketones is 1. The highest BCUT2D eigenvalue weighted by atomic mass is 35.5. The van der Waals surface area contributed by atoms with Gasteiger partial charge in [0.2, 0.25) is 0 Å².